The molecule has 1 aromatic carbocycles. The van der Waals surface area contributed by atoms with E-state index in [9.17, 15) is 13.2 Å². The van der Waals surface area contributed by atoms with Gasteiger partial charge in [-0.1, -0.05) is 6.92 Å². The van der Waals surface area contributed by atoms with E-state index in [0.717, 1.165) is 30.2 Å². The van der Waals surface area contributed by atoms with Gasteiger partial charge in [0.1, 0.15) is 0 Å². The number of benzene rings is 1. The summed E-state index contributed by atoms with van der Waals surface area (Å²) < 4.78 is 29.0. The molecule has 1 amide bonds. The van der Waals surface area contributed by atoms with E-state index in [-0.39, 0.29) is 11.9 Å². The smallest absolute Gasteiger partial charge is 0.243 e. The molecule has 2 aromatic rings. The molecule has 26 heavy (non-hydrogen) atoms. The summed E-state index contributed by atoms with van der Waals surface area (Å²) in [5.74, 6) is 0.0365. The van der Waals surface area contributed by atoms with Crippen LogP contribution < -0.4 is 5.32 Å². The van der Waals surface area contributed by atoms with E-state index < -0.39 is 10.0 Å². The van der Waals surface area contributed by atoms with Crippen LogP contribution in [-0.2, 0) is 21.4 Å². The zero-order valence-corrected chi connectivity index (χ0v) is 16.3. The standard InChI is InChI=1S/C19H27N3O3S/c1-3-15(2)20-19(23)9-13-21-12-8-16-14-17(6-7-18(16)21)26(24,25)22-10-4-5-11-22/h6-8,12,14-15H,3-5,9-11,13H2,1-2H3,(H,20,23)/t15-/m0/s1. The van der Waals surface area contributed by atoms with Crippen LogP contribution in [0.25, 0.3) is 10.9 Å². The Morgan fingerprint density at radius 3 is 2.65 bits per heavy atom. The van der Waals surface area contributed by atoms with Gasteiger partial charge in [-0.3, -0.25) is 4.79 Å². The van der Waals surface area contributed by atoms with Crippen molar-refractivity contribution in [1.82, 2.24) is 14.2 Å². The van der Waals surface area contributed by atoms with Gasteiger partial charge in [-0.2, -0.15) is 4.31 Å². The van der Waals surface area contributed by atoms with Gasteiger partial charge in [-0.05, 0) is 50.5 Å². The summed E-state index contributed by atoms with van der Waals surface area (Å²) in [5, 5.41) is 3.85. The molecule has 1 atom stereocenters. The summed E-state index contributed by atoms with van der Waals surface area (Å²) in [6, 6.07) is 7.34. The maximum absolute atomic E-state index is 12.7. The zero-order chi connectivity index (χ0) is 18.7. The Kier molecular flexibility index (Phi) is 5.67. The number of aromatic nitrogens is 1. The topological polar surface area (TPSA) is 71.4 Å². The van der Waals surface area contributed by atoms with Gasteiger partial charge in [0, 0.05) is 49.2 Å². The first-order valence-electron chi connectivity index (χ1n) is 9.30. The average Bonchev–Trinajstić information content (AvgIpc) is 3.29. The highest BCUT2D eigenvalue weighted by Gasteiger charge is 2.27. The number of carbonyl (C=O) groups excluding carboxylic acids is 1. The van der Waals surface area contributed by atoms with Crippen LogP contribution in [0.3, 0.4) is 0 Å². The van der Waals surface area contributed by atoms with E-state index in [1.807, 2.05) is 36.7 Å². The lowest BCUT2D eigenvalue weighted by atomic mass is 10.2. The van der Waals surface area contributed by atoms with Crippen molar-refractivity contribution in [3.05, 3.63) is 30.5 Å². The normalized spacial score (nSPS) is 16.8. The van der Waals surface area contributed by atoms with Crippen LogP contribution >= 0.6 is 0 Å². The lowest BCUT2D eigenvalue weighted by Gasteiger charge is -2.15. The van der Waals surface area contributed by atoms with Gasteiger partial charge in [0.2, 0.25) is 15.9 Å². The predicted octanol–water partition coefficient (Wildman–Crippen LogP) is 2.73. The molecular formula is C19H27N3O3S. The molecule has 0 unspecified atom stereocenters. The number of rotatable bonds is 7. The number of amides is 1. The molecule has 1 aliphatic rings. The molecule has 1 saturated heterocycles. The minimum absolute atomic E-state index is 0.0365. The number of hydrogen-bond acceptors (Lipinski definition) is 3. The molecule has 1 fully saturated rings. The van der Waals surface area contributed by atoms with Crippen LogP contribution in [0.4, 0.5) is 0 Å². The lowest BCUT2D eigenvalue weighted by molar-refractivity contribution is -0.121. The summed E-state index contributed by atoms with van der Waals surface area (Å²) in [4.78, 5) is 12.3. The molecule has 0 radical (unpaired) electrons. The second kappa shape index (κ2) is 7.80. The first kappa shape index (κ1) is 18.9. The number of nitrogens with zero attached hydrogens (tertiary/aromatic N) is 2. The number of nitrogens with one attached hydrogen (secondary N) is 1. The molecule has 0 saturated carbocycles. The maximum atomic E-state index is 12.7. The third-order valence-corrected chi connectivity index (χ3v) is 6.94. The molecule has 3 rings (SSSR count). The van der Waals surface area contributed by atoms with Gasteiger partial charge in [0.15, 0.2) is 0 Å². The number of fused-ring (bicyclic) bond motifs is 1. The highest BCUT2D eigenvalue weighted by molar-refractivity contribution is 7.89. The van der Waals surface area contributed by atoms with E-state index in [1.165, 1.54) is 0 Å². The molecule has 142 valence electrons. The minimum Gasteiger partial charge on any atom is -0.354 e. The number of hydrogen-bond donors (Lipinski definition) is 1. The molecule has 1 aliphatic heterocycles. The van der Waals surface area contributed by atoms with Crippen molar-refractivity contribution in [3.8, 4) is 0 Å². The van der Waals surface area contributed by atoms with Crippen LogP contribution in [0.1, 0.15) is 39.5 Å². The predicted molar refractivity (Wildman–Crippen MR) is 102 cm³/mol. The third-order valence-electron chi connectivity index (χ3n) is 5.04. The van der Waals surface area contributed by atoms with Crippen LogP contribution in [0.5, 0.6) is 0 Å². The number of sulfonamides is 1. The molecule has 6 nitrogen and oxygen atoms in total. The highest BCUT2D eigenvalue weighted by Crippen LogP contribution is 2.25. The Morgan fingerprint density at radius 1 is 1.23 bits per heavy atom. The molecule has 7 heteroatoms. The number of carbonyl (C=O) groups is 1. The van der Waals surface area contributed by atoms with Gasteiger partial charge in [0.25, 0.3) is 0 Å². The van der Waals surface area contributed by atoms with E-state index in [2.05, 4.69) is 5.32 Å². The van der Waals surface area contributed by atoms with Crippen LogP contribution in [-0.4, -0.2) is 42.3 Å². The lowest BCUT2D eigenvalue weighted by Crippen LogP contribution is -2.32. The Labute approximate surface area is 155 Å². The van der Waals surface area contributed by atoms with Crippen LogP contribution in [0.2, 0.25) is 0 Å². The summed E-state index contributed by atoms with van der Waals surface area (Å²) >= 11 is 0. The first-order chi connectivity index (χ1) is 12.4. The van der Waals surface area contributed by atoms with E-state index in [0.29, 0.717) is 31.0 Å². The quantitative estimate of drug-likeness (QED) is 0.806. The molecule has 0 bridgehead atoms. The van der Waals surface area contributed by atoms with Gasteiger partial charge in [-0.25, -0.2) is 8.42 Å². The summed E-state index contributed by atoms with van der Waals surface area (Å²) in [6.07, 6.45) is 5.08. The largest absolute Gasteiger partial charge is 0.354 e. The fourth-order valence-electron chi connectivity index (χ4n) is 3.28. The Morgan fingerprint density at radius 2 is 1.96 bits per heavy atom. The van der Waals surface area contributed by atoms with Crippen molar-refractivity contribution in [1.29, 1.82) is 0 Å². The molecule has 0 spiro atoms. The van der Waals surface area contributed by atoms with Crippen molar-refractivity contribution in [2.24, 2.45) is 0 Å². The fraction of sp³-hybridized carbons (Fsp3) is 0.526. The summed E-state index contributed by atoms with van der Waals surface area (Å²) in [7, 11) is -3.40. The van der Waals surface area contributed by atoms with Gasteiger partial charge >= 0.3 is 0 Å². The fourth-order valence-corrected chi connectivity index (χ4v) is 4.84. The molecule has 0 aliphatic carbocycles. The first-order valence-corrected chi connectivity index (χ1v) is 10.7. The molecule has 2 heterocycles. The molecule has 1 aromatic heterocycles. The summed E-state index contributed by atoms with van der Waals surface area (Å²) in [6.45, 7) is 5.81. The van der Waals surface area contributed by atoms with Crippen LogP contribution in [0.15, 0.2) is 35.4 Å². The second-order valence-corrected chi connectivity index (χ2v) is 8.91. The monoisotopic (exact) mass is 377 g/mol. The van der Waals surface area contributed by atoms with Crippen molar-refractivity contribution < 1.29 is 13.2 Å². The van der Waals surface area contributed by atoms with E-state index in [4.69, 9.17) is 0 Å². The highest BCUT2D eigenvalue weighted by atomic mass is 32.2. The SMILES string of the molecule is CC[C@H](C)NC(=O)CCn1ccc2cc(S(=O)(=O)N3CCCC3)ccc21. The van der Waals surface area contributed by atoms with E-state index in [1.54, 1.807) is 16.4 Å². The Balaban J connectivity index is 1.74. The van der Waals surface area contributed by atoms with Gasteiger partial charge in [-0.15, -0.1) is 0 Å². The minimum atomic E-state index is -3.40. The van der Waals surface area contributed by atoms with Crippen LogP contribution in [0, 0.1) is 0 Å². The maximum Gasteiger partial charge on any atom is 0.243 e. The Bertz CT molecular complexity index is 883. The van der Waals surface area contributed by atoms with Gasteiger partial charge in [0.05, 0.1) is 4.90 Å². The summed E-state index contributed by atoms with van der Waals surface area (Å²) in [5.41, 5.74) is 0.946. The van der Waals surface area contributed by atoms with E-state index >= 15 is 0 Å². The van der Waals surface area contributed by atoms with Crippen molar-refractivity contribution in [2.75, 3.05) is 13.1 Å². The number of aryl methyl sites for hydroxylation is 1. The zero-order valence-electron chi connectivity index (χ0n) is 15.4. The third kappa shape index (κ3) is 3.94. The second-order valence-electron chi connectivity index (χ2n) is 6.97. The molecular weight excluding hydrogens is 350 g/mol. The van der Waals surface area contributed by atoms with Crippen molar-refractivity contribution >= 4 is 26.8 Å². The average molecular weight is 378 g/mol. The van der Waals surface area contributed by atoms with Gasteiger partial charge < -0.3 is 9.88 Å². The van der Waals surface area contributed by atoms with Crippen molar-refractivity contribution in [2.45, 2.75) is 57.0 Å². The molecule has 1 N–H and O–H groups in total. The van der Waals surface area contributed by atoms with Crippen molar-refractivity contribution in [3.63, 3.8) is 0 Å². The Hall–Kier alpha value is -1.86.